The number of piperazine rings is 1. The quantitative estimate of drug-likeness (QED) is 0.0487. The van der Waals surface area contributed by atoms with Gasteiger partial charge in [-0.2, -0.15) is 5.10 Å². The van der Waals surface area contributed by atoms with Gasteiger partial charge < -0.3 is 19.3 Å². The first-order valence-electron chi connectivity index (χ1n) is 18.9. The standard InChI is InChI=1S/C42H58F2N8O3/c1-7-38(46-30-48-51(32-53)18-17-42(3,4)5)14-11-33(2)49-19-21-50(22-20-49)39-9-8-10-40(16-15-39)55-28-35(27-54-6)23-34(26-52-31-45-29-47-52)24-36-12-13-37(43)25-41(36)44/h7-9,11-16,25,29-32,34-35H,1,10,17-24,26-28H2,2-6H3,(H,46,48)/b33-11+,38-14+/t34?,35-/m1/s1. The summed E-state index contributed by atoms with van der Waals surface area (Å²) in [6, 6.07) is 3.74. The molecule has 1 aliphatic heterocycles. The zero-order chi connectivity index (χ0) is 39.6. The Morgan fingerprint density at radius 1 is 1.13 bits per heavy atom. The minimum Gasteiger partial charge on any atom is -0.497 e. The van der Waals surface area contributed by atoms with Crippen molar-refractivity contribution in [3.63, 3.8) is 0 Å². The topological polar surface area (TPSA) is 100 Å². The molecule has 1 fully saturated rings. The lowest BCUT2D eigenvalue weighted by molar-refractivity contribution is -0.120. The minimum absolute atomic E-state index is 0.00285. The number of hydrazine groups is 1. The van der Waals surface area contributed by atoms with Crippen LogP contribution in [-0.4, -0.2) is 95.4 Å². The van der Waals surface area contributed by atoms with E-state index in [1.54, 1.807) is 24.2 Å². The molecule has 4 rings (SSSR count). The van der Waals surface area contributed by atoms with Crippen molar-refractivity contribution >= 4 is 12.7 Å². The van der Waals surface area contributed by atoms with E-state index in [4.69, 9.17) is 9.47 Å². The second-order valence-electron chi connectivity index (χ2n) is 15.2. The minimum atomic E-state index is -0.591. The van der Waals surface area contributed by atoms with Crippen molar-refractivity contribution in [2.24, 2.45) is 22.2 Å². The van der Waals surface area contributed by atoms with Crippen LogP contribution in [0.2, 0.25) is 0 Å². The van der Waals surface area contributed by atoms with Crippen LogP contribution in [0.1, 0.15) is 52.5 Å². The predicted octanol–water partition coefficient (Wildman–Crippen LogP) is 6.83. The third-order valence-electron chi connectivity index (χ3n) is 9.57. The normalized spacial score (nSPS) is 16.7. The summed E-state index contributed by atoms with van der Waals surface area (Å²) < 4.78 is 41.9. The van der Waals surface area contributed by atoms with Crippen LogP contribution in [-0.2, 0) is 27.2 Å². The van der Waals surface area contributed by atoms with Gasteiger partial charge in [-0.3, -0.25) is 19.9 Å². The van der Waals surface area contributed by atoms with E-state index >= 15 is 0 Å². The fraction of sp³-hybridized carbons (Fsp3) is 0.476. The van der Waals surface area contributed by atoms with E-state index in [1.807, 2.05) is 18.2 Å². The van der Waals surface area contributed by atoms with Crippen LogP contribution in [0.3, 0.4) is 0 Å². The Morgan fingerprint density at radius 2 is 1.93 bits per heavy atom. The van der Waals surface area contributed by atoms with E-state index in [0.29, 0.717) is 56.8 Å². The summed E-state index contributed by atoms with van der Waals surface area (Å²) in [4.78, 5) is 24.6. The molecule has 1 N–H and O–H groups in total. The number of carbonyl (C=O) groups is 1. The zero-order valence-corrected chi connectivity index (χ0v) is 33.0. The van der Waals surface area contributed by atoms with Crippen LogP contribution in [0.5, 0.6) is 0 Å². The summed E-state index contributed by atoms with van der Waals surface area (Å²) in [5.74, 6) is -0.229. The highest BCUT2D eigenvalue weighted by molar-refractivity contribution is 5.60. The second-order valence-corrected chi connectivity index (χ2v) is 15.2. The Hall–Kier alpha value is -5.04. The molecule has 1 saturated heterocycles. The van der Waals surface area contributed by atoms with E-state index in [2.05, 4.69) is 82.8 Å². The third-order valence-corrected chi connectivity index (χ3v) is 9.57. The number of amides is 1. The maximum atomic E-state index is 14.6. The molecule has 55 heavy (non-hydrogen) atoms. The van der Waals surface area contributed by atoms with Crippen molar-refractivity contribution in [2.45, 2.75) is 59.9 Å². The van der Waals surface area contributed by atoms with Crippen molar-refractivity contribution in [1.82, 2.24) is 35.0 Å². The highest BCUT2D eigenvalue weighted by atomic mass is 19.1. The van der Waals surface area contributed by atoms with Gasteiger partial charge >= 0.3 is 0 Å². The molecule has 1 unspecified atom stereocenters. The fourth-order valence-electron chi connectivity index (χ4n) is 6.42. The molecule has 11 nitrogen and oxygen atoms in total. The summed E-state index contributed by atoms with van der Waals surface area (Å²) in [6.45, 7) is 18.0. The SMILES string of the molecule is C=C/C(=C\C=C(/C)N1CCN(C2=CC=C(OC[C@@H](COC)CC(Cc3ccc(F)cc3F)Cn3cncn3)CC=C2)CC1)N=CNN(C=O)CCC(C)(C)C. The number of hydrogen-bond acceptors (Lipinski definition) is 8. The second kappa shape index (κ2) is 21.7. The fourth-order valence-corrected chi connectivity index (χ4v) is 6.42. The van der Waals surface area contributed by atoms with Crippen LogP contribution >= 0.6 is 0 Å². The number of rotatable bonds is 21. The average Bonchev–Trinajstić information content (AvgIpc) is 3.56. The van der Waals surface area contributed by atoms with Gasteiger partial charge in [0.05, 0.1) is 24.7 Å². The van der Waals surface area contributed by atoms with Crippen LogP contribution in [0.25, 0.3) is 0 Å². The van der Waals surface area contributed by atoms with E-state index in [1.165, 1.54) is 29.8 Å². The van der Waals surface area contributed by atoms with E-state index in [-0.39, 0.29) is 17.3 Å². The van der Waals surface area contributed by atoms with Crippen LogP contribution in [0.4, 0.5) is 8.78 Å². The van der Waals surface area contributed by atoms with Gasteiger partial charge in [-0.25, -0.2) is 18.8 Å². The molecule has 2 aromatic rings. The van der Waals surface area contributed by atoms with Crippen molar-refractivity contribution in [1.29, 1.82) is 0 Å². The summed E-state index contributed by atoms with van der Waals surface area (Å²) in [5, 5.41) is 5.74. The number of allylic oxidation sites excluding steroid dienone is 8. The summed E-state index contributed by atoms with van der Waals surface area (Å²) in [6.07, 6.45) is 22.2. The number of aliphatic imine (C=N–C) groups is 1. The van der Waals surface area contributed by atoms with Crippen molar-refractivity contribution in [3.8, 4) is 0 Å². The first-order valence-corrected chi connectivity index (χ1v) is 18.9. The maximum absolute atomic E-state index is 14.6. The number of benzene rings is 1. The van der Waals surface area contributed by atoms with E-state index in [0.717, 1.165) is 62.2 Å². The van der Waals surface area contributed by atoms with Crippen LogP contribution < -0.4 is 5.43 Å². The third kappa shape index (κ3) is 15.0. The number of halogens is 2. The first-order chi connectivity index (χ1) is 26.5. The number of nitrogens with zero attached hydrogens (tertiary/aromatic N) is 7. The Balaban J connectivity index is 1.29. The van der Waals surface area contributed by atoms with Gasteiger partial charge in [0.25, 0.3) is 0 Å². The molecule has 2 atom stereocenters. The Kier molecular flexibility index (Phi) is 16.9. The number of aromatic nitrogens is 3. The molecule has 0 spiro atoms. The van der Waals surface area contributed by atoms with Gasteiger partial charge in [0.1, 0.15) is 30.6 Å². The van der Waals surface area contributed by atoms with E-state index < -0.39 is 11.6 Å². The molecule has 1 aromatic heterocycles. The lowest BCUT2D eigenvalue weighted by Gasteiger charge is -2.38. The number of methoxy groups -OCH3 is 1. The molecule has 0 bridgehead atoms. The molecule has 0 radical (unpaired) electrons. The summed E-state index contributed by atoms with van der Waals surface area (Å²) in [7, 11) is 1.67. The molecule has 2 heterocycles. The highest BCUT2D eigenvalue weighted by Crippen LogP contribution is 2.25. The molecule has 13 heteroatoms. The van der Waals surface area contributed by atoms with Gasteiger partial charge in [0, 0.05) is 76.2 Å². The van der Waals surface area contributed by atoms with Gasteiger partial charge in [-0.05, 0) is 85.6 Å². The molecule has 1 aromatic carbocycles. The lowest BCUT2D eigenvalue weighted by Crippen LogP contribution is -2.44. The first kappa shape index (κ1) is 42.7. The van der Waals surface area contributed by atoms with Gasteiger partial charge in [0.2, 0.25) is 6.41 Å². The number of hydrogen-bond donors (Lipinski definition) is 1. The highest BCUT2D eigenvalue weighted by Gasteiger charge is 2.22. The maximum Gasteiger partial charge on any atom is 0.228 e. The van der Waals surface area contributed by atoms with Gasteiger partial charge in [-0.1, -0.05) is 39.5 Å². The lowest BCUT2D eigenvalue weighted by atomic mass is 9.89. The number of ether oxygens (including phenoxy) is 2. The van der Waals surface area contributed by atoms with Crippen molar-refractivity contribution in [2.75, 3.05) is 53.0 Å². The Morgan fingerprint density at radius 3 is 2.60 bits per heavy atom. The predicted molar refractivity (Wildman–Crippen MR) is 213 cm³/mol. The molecule has 0 saturated carbocycles. The number of carbonyl (C=O) groups excluding carboxylic acids is 1. The summed E-state index contributed by atoms with van der Waals surface area (Å²) >= 11 is 0. The Bertz CT molecular complexity index is 1700. The molecular formula is C42H58F2N8O3. The number of nitrogens with one attached hydrogen (secondary N) is 1. The zero-order valence-electron chi connectivity index (χ0n) is 33.0. The van der Waals surface area contributed by atoms with Crippen LogP contribution in [0, 0.1) is 28.9 Å². The Labute approximate surface area is 325 Å². The molecular weight excluding hydrogens is 703 g/mol. The smallest absolute Gasteiger partial charge is 0.228 e. The van der Waals surface area contributed by atoms with E-state index in [9.17, 15) is 13.6 Å². The molecule has 1 amide bonds. The van der Waals surface area contributed by atoms with Crippen molar-refractivity contribution < 1.29 is 23.0 Å². The molecule has 2 aliphatic rings. The van der Waals surface area contributed by atoms with Crippen molar-refractivity contribution in [3.05, 3.63) is 120 Å². The van der Waals surface area contributed by atoms with Crippen LogP contribution in [0.15, 0.2) is 108 Å². The monoisotopic (exact) mass is 760 g/mol. The molecule has 1 aliphatic carbocycles. The van der Waals surface area contributed by atoms with Gasteiger partial charge in [-0.15, -0.1) is 0 Å². The molecule has 298 valence electrons. The largest absolute Gasteiger partial charge is 0.497 e. The summed E-state index contributed by atoms with van der Waals surface area (Å²) in [5.41, 5.74) is 6.50. The average molecular weight is 761 g/mol. The van der Waals surface area contributed by atoms with Gasteiger partial charge in [0.15, 0.2) is 0 Å².